The molecular formula is C48H39HfP-2. The molecule has 1 aliphatic rings. The Morgan fingerprint density at radius 2 is 1.00 bits per heavy atom. The number of fused-ring (bicyclic) bond motifs is 4. The van der Waals surface area contributed by atoms with Gasteiger partial charge in [0.25, 0.3) is 0 Å². The van der Waals surface area contributed by atoms with Crippen LogP contribution in [0, 0.1) is 6.07 Å². The minimum Gasteiger partial charge on any atom is -0.179 e. The van der Waals surface area contributed by atoms with E-state index in [1.165, 1.54) is 60.1 Å². The fourth-order valence-corrected chi connectivity index (χ4v) is 8.81. The molecule has 0 saturated heterocycles. The standard InChI is InChI=1S/C21H16P.C14H14.C13H9.Hf/c1-3-11-19(12-4-1)22(20-13-5-2-6-14-20)21-15-17-9-7-8-10-18(17)16-21;1-3-7-13(8-4-1)11-12-14-9-5-2-6-10-14;1-3-7-12-10(5-1)9-11-6-2-4-8-13(11)12;/h1-16H;1-10H,11-12H2;1-5,7-8H,9H2;/q-1;;-1;. The summed E-state index contributed by atoms with van der Waals surface area (Å²) < 4.78 is 0. The van der Waals surface area contributed by atoms with Crippen molar-refractivity contribution in [2.24, 2.45) is 0 Å². The molecule has 0 radical (unpaired) electrons. The van der Waals surface area contributed by atoms with E-state index >= 15 is 0 Å². The largest absolute Gasteiger partial charge is 0.179 e. The average molecular weight is 825 g/mol. The summed E-state index contributed by atoms with van der Waals surface area (Å²) >= 11 is 0. The van der Waals surface area contributed by atoms with Crippen molar-refractivity contribution in [3.8, 4) is 11.1 Å². The van der Waals surface area contributed by atoms with Gasteiger partial charge in [-0.2, -0.15) is 35.9 Å². The van der Waals surface area contributed by atoms with E-state index in [4.69, 9.17) is 0 Å². The molecule has 0 saturated carbocycles. The van der Waals surface area contributed by atoms with E-state index in [1.54, 1.807) is 0 Å². The topological polar surface area (TPSA) is 0 Å². The summed E-state index contributed by atoms with van der Waals surface area (Å²) in [5.41, 5.74) is 8.34. The molecule has 8 aromatic carbocycles. The molecule has 2 heteroatoms. The van der Waals surface area contributed by atoms with Gasteiger partial charge in [0.2, 0.25) is 0 Å². The molecule has 0 aliphatic heterocycles. The third kappa shape index (κ3) is 8.97. The zero-order valence-corrected chi connectivity index (χ0v) is 32.6. The van der Waals surface area contributed by atoms with Gasteiger partial charge in [0, 0.05) is 25.8 Å². The summed E-state index contributed by atoms with van der Waals surface area (Å²) in [6, 6.07) is 74.4. The van der Waals surface area contributed by atoms with Crippen LogP contribution in [-0.2, 0) is 45.1 Å². The molecule has 0 spiro atoms. The Labute approximate surface area is 317 Å². The van der Waals surface area contributed by atoms with Gasteiger partial charge in [-0.05, 0) is 48.9 Å². The second-order valence-electron chi connectivity index (χ2n) is 12.2. The van der Waals surface area contributed by atoms with Crippen molar-refractivity contribution >= 4 is 34.6 Å². The van der Waals surface area contributed by atoms with Crippen LogP contribution >= 0.6 is 7.92 Å². The minimum atomic E-state index is -0.493. The van der Waals surface area contributed by atoms with Crippen LogP contribution in [0.3, 0.4) is 0 Å². The molecule has 0 atom stereocenters. The van der Waals surface area contributed by atoms with Crippen LogP contribution in [-0.4, -0.2) is 0 Å². The summed E-state index contributed by atoms with van der Waals surface area (Å²) in [6.45, 7) is 0. The Hall–Kier alpha value is -4.55. The van der Waals surface area contributed by atoms with Gasteiger partial charge in [-0.1, -0.05) is 163 Å². The van der Waals surface area contributed by atoms with Gasteiger partial charge in [0.05, 0.1) is 0 Å². The van der Waals surface area contributed by atoms with Gasteiger partial charge >= 0.3 is 0 Å². The molecule has 1 aliphatic carbocycles. The number of hydrogen-bond acceptors (Lipinski definition) is 0. The first-order valence-corrected chi connectivity index (χ1v) is 18.4. The molecule has 0 nitrogen and oxygen atoms in total. The van der Waals surface area contributed by atoms with E-state index in [9.17, 15) is 0 Å². The van der Waals surface area contributed by atoms with Crippen LogP contribution in [0.2, 0.25) is 0 Å². The molecule has 50 heavy (non-hydrogen) atoms. The molecule has 0 N–H and O–H groups in total. The zero-order valence-electron chi connectivity index (χ0n) is 28.1. The molecule has 0 amide bonds. The van der Waals surface area contributed by atoms with Crippen molar-refractivity contribution in [1.82, 2.24) is 0 Å². The molecule has 0 fully saturated rings. The van der Waals surface area contributed by atoms with Gasteiger partial charge in [-0.15, -0.1) is 45.9 Å². The Morgan fingerprint density at radius 1 is 0.500 bits per heavy atom. The van der Waals surface area contributed by atoms with Gasteiger partial charge in [-0.25, -0.2) is 0 Å². The maximum absolute atomic E-state index is 3.30. The van der Waals surface area contributed by atoms with Gasteiger partial charge in [-0.3, -0.25) is 0 Å². The van der Waals surface area contributed by atoms with Crippen molar-refractivity contribution < 1.29 is 25.8 Å². The van der Waals surface area contributed by atoms with Crippen molar-refractivity contribution in [2.45, 2.75) is 19.3 Å². The molecule has 0 aromatic heterocycles. The summed E-state index contributed by atoms with van der Waals surface area (Å²) in [7, 11) is -0.493. The first-order chi connectivity index (χ1) is 24.3. The Balaban J connectivity index is 0.000000135. The predicted molar refractivity (Wildman–Crippen MR) is 212 cm³/mol. The van der Waals surface area contributed by atoms with Crippen molar-refractivity contribution in [3.63, 3.8) is 0 Å². The maximum Gasteiger partial charge on any atom is 0 e. The Morgan fingerprint density at radius 3 is 1.60 bits per heavy atom. The number of hydrogen-bond donors (Lipinski definition) is 0. The smallest absolute Gasteiger partial charge is 0 e. The van der Waals surface area contributed by atoms with Gasteiger partial charge in [0.1, 0.15) is 0 Å². The van der Waals surface area contributed by atoms with E-state index in [0.29, 0.717) is 0 Å². The molecule has 0 bridgehead atoms. The van der Waals surface area contributed by atoms with Crippen molar-refractivity contribution in [1.29, 1.82) is 0 Å². The van der Waals surface area contributed by atoms with Crippen LogP contribution in [0.5, 0.6) is 0 Å². The quantitative estimate of drug-likeness (QED) is 0.0890. The summed E-state index contributed by atoms with van der Waals surface area (Å²) in [6.07, 6.45) is 3.31. The van der Waals surface area contributed by atoms with Gasteiger partial charge < -0.3 is 0 Å². The first kappa shape index (κ1) is 35.3. The normalized spacial score (nSPS) is 10.9. The van der Waals surface area contributed by atoms with E-state index in [2.05, 4.69) is 200 Å². The fourth-order valence-electron chi connectivity index (χ4n) is 6.44. The SMILES string of the molecule is [Hf].[c-]1cccc2c1Cc1ccccc1-2.c1ccc(CCc2ccccc2)cc1.c1ccc(P(c2ccccc2)c2cc3ccccc3[cH-]2)cc1. The van der Waals surface area contributed by atoms with E-state index < -0.39 is 7.92 Å². The molecular weight excluding hydrogens is 786 g/mol. The molecule has 9 rings (SSSR count). The van der Waals surface area contributed by atoms with Crippen LogP contribution in [0.15, 0.2) is 200 Å². The van der Waals surface area contributed by atoms with Crippen LogP contribution in [0.25, 0.3) is 21.9 Å². The maximum atomic E-state index is 3.30. The minimum absolute atomic E-state index is 0. The Kier molecular flexibility index (Phi) is 12.6. The predicted octanol–water partition coefficient (Wildman–Crippen LogP) is 10.8. The van der Waals surface area contributed by atoms with E-state index in [0.717, 1.165) is 19.3 Å². The molecule has 8 aromatic rings. The van der Waals surface area contributed by atoms with Crippen molar-refractivity contribution in [3.05, 3.63) is 229 Å². The molecule has 0 unspecified atom stereocenters. The second-order valence-corrected chi connectivity index (χ2v) is 14.4. The van der Waals surface area contributed by atoms with Gasteiger partial charge in [0.15, 0.2) is 0 Å². The summed E-state index contributed by atoms with van der Waals surface area (Å²) in [4.78, 5) is 0. The third-order valence-corrected chi connectivity index (χ3v) is 11.3. The summed E-state index contributed by atoms with van der Waals surface area (Å²) in [5.74, 6) is 0. The van der Waals surface area contributed by atoms with E-state index in [-0.39, 0.29) is 25.8 Å². The molecule has 242 valence electrons. The number of rotatable bonds is 6. The molecule has 0 heterocycles. The van der Waals surface area contributed by atoms with Crippen LogP contribution in [0.4, 0.5) is 0 Å². The summed E-state index contributed by atoms with van der Waals surface area (Å²) in [5, 5.41) is 6.89. The van der Waals surface area contributed by atoms with E-state index in [1.807, 2.05) is 6.07 Å². The number of aryl methyl sites for hydroxylation is 2. The third-order valence-electron chi connectivity index (χ3n) is 8.89. The zero-order chi connectivity index (χ0) is 33.1. The van der Waals surface area contributed by atoms with Crippen molar-refractivity contribution in [2.75, 3.05) is 0 Å². The first-order valence-electron chi connectivity index (χ1n) is 17.0. The monoisotopic (exact) mass is 826 g/mol. The Bertz CT molecular complexity index is 2030. The fraction of sp³-hybridized carbons (Fsp3) is 0.0625. The number of benzene rings is 7. The average Bonchev–Trinajstić information content (AvgIpc) is 3.78. The second kappa shape index (κ2) is 17.9. The van der Waals surface area contributed by atoms with Crippen LogP contribution in [0.1, 0.15) is 22.3 Å². The van der Waals surface area contributed by atoms with Crippen LogP contribution < -0.4 is 15.9 Å².